The summed E-state index contributed by atoms with van der Waals surface area (Å²) >= 11 is 0. The molecule has 0 bridgehead atoms. The smallest absolute Gasteiger partial charge is 0.247 e. The number of amides is 1. The van der Waals surface area contributed by atoms with Crippen molar-refractivity contribution < 1.29 is 14.7 Å². The highest BCUT2D eigenvalue weighted by atomic mass is 16.3. The summed E-state index contributed by atoms with van der Waals surface area (Å²) in [5.74, 6) is -0.164. The molecule has 2 aromatic carbocycles. The first-order chi connectivity index (χ1) is 11.4. The van der Waals surface area contributed by atoms with Crippen LogP contribution in [0.15, 0.2) is 55.1 Å². The molecule has 4 nitrogen and oxygen atoms in total. The molecule has 2 N–H and O–H groups in total. The lowest BCUT2D eigenvalue weighted by Gasteiger charge is -2.05. The van der Waals surface area contributed by atoms with Gasteiger partial charge in [0.05, 0.1) is 0 Å². The summed E-state index contributed by atoms with van der Waals surface area (Å²) in [4.78, 5) is 23.4. The van der Waals surface area contributed by atoms with E-state index in [1.165, 1.54) is 12.2 Å². The summed E-state index contributed by atoms with van der Waals surface area (Å²) in [6.07, 6.45) is 4.39. The molecule has 2 rings (SSSR count). The molecule has 0 spiro atoms. The van der Waals surface area contributed by atoms with Crippen molar-refractivity contribution in [3.8, 4) is 5.75 Å². The zero-order valence-corrected chi connectivity index (χ0v) is 13.7. The van der Waals surface area contributed by atoms with Crippen molar-refractivity contribution in [2.45, 2.75) is 13.8 Å². The fraction of sp³-hybridized carbons (Fsp3) is 0.100. The third-order valence-corrected chi connectivity index (χ3v) is 3.56. The number of allylic oxidation sites excluding steroid dienone is 1. The number of phenols is 1. The van der Waals surface area contributed by atoms with Crippen LogP contribution in [0.3, 0.4) is 0 Å². The largest absolute Gasteiger partial charge is 0.507 e. The summed E-state index contributed by atoms with van der Waals surface area (Å²) in [5.41, 5.74) is 3.51. The minimum absolute atomic E-state index is 0.139. The summed E-state index contributed by atoms with van der Waals surface area (Å²) in [6.45, 7) is 7.02. The van der Waals surface area contributed by atoms with E-state index in [4.69, 9.17) is 0 Å². The summed E-state index contributed by atoms with van der Waals surface area (Å²) in [7, 11) is 0. The summed E-state index contributed by atoms with van der Waals surface area (Å²) in [6, 6.07) is 10.3. The van der Waals surface area contributed by atoms with E-state index in [2.05, 4.69) is 11.9 Å². The SMILES string of the molecule is C=CC(=O)Nc1ccc(C(=O)/C=C/c2cc(C)c(O)c(C)c2)cc1. The maximum atomic E-state index is 12.2. The molecule has 0 saturated carbocycles. The molecule has 0 aliphatic heterocycles. The maximum Gasteiger partial charge on any atom is 0.247 e. The molecule has 0 atom stereocenters. The number of carbonyl (C=O) groups excluding carboxylic acids is 2. The van der Waals surface area contributed by atoms with Crippen LogP contribution >= 0.6 is 0 Å². The first-order valence-corrected chi connectivity index (χ1v) is 7.47. The molecule has 0 unspecified atom stereocenters. The lowest BCUT2D eigenvalue weighted by Crippen LogP contribution is -2.07. The Balaban J connectivity index is 2.12. The fourth-order valence-electron chi connectivity index (χ4n) is 2.26. The molecule has 0 aliphatic rings. The molecule has 122 valence electrons. The van der Waals surface area contributed by atoms with E-state index in [1.54, 1.807) is 30.3 Å². The van der Waals surface area contributed by atoms with Gasteiger partial charge in [-0.05, 0) is 79.1 Å². The average Bonchev–Trinajstić information content (AvgIpc) is 2.57. The van der Waals surface area contributed by atoms with E-state index >= 15 is 0 Å². The van der Waals surface area contributed by atoms with Crippen LogP contribution in [0.4, 0.5) is 5.69 Å². The maximum absolute atomic E-state index is 12.2. The fourth-order valence-corrected chi connectivity index (χ4v) is 2.26. The van der Waals surface area contributed by atoms with E-state index in [0.717, 1.165) is 16.7 Å². The highest BCUT2D eigenvalue weighted by molar-refractivity contribution is 6.07. The van der Waals surface area contributed by atoms with Crippen LogP contribution < -0.4 is 5.32 Å². The molecule has 0 aliphatic carbocycles. The highest BCUT2D eigenvalue weighted by Crippen LogP contribution is 2.23. The van der Waals surface area contributed by atoms with Crippen molar-refractivity contribution in [3.05, 3.63) is 77.4 Å². The van der Waals surface area contributed by atoms with E-state index in [1.807, 2.05) is 26.0 Å². The predicted octanol–water partition coefficient (Wildman–Crippen LogP) is 4.03. The van der Waals surface area contributed by atoms with Crippen LogP contribution in [-0.2, 0) is 4.79 Å². The van der Waals surface area contributed by atoms with Gasteiger partial charge in [0.15, 0.2) is 5.78 Å². The number of hydrogen-bond acceptors (Lipinski definition) is 3. The van der Waals surface area contributed by atoms with Crippen LogP contribution in [0.2, 0.25) is 0 Å². The lowest BCUT2D eigenvalue weighted by molar-refractivity contribution is -0.111. The molecule has 24 heavy (non-hydrogen) atoms. The molecule has 2 aromatic rings. The van der Waals surface area contributed by atoms with E-state index in [-0.39, 0.29) is 17.4 Å². The van der Waals surface area contributed by atoms with Crippen LogP contribution in [0.25, 0.3) is 6.08 Å². The Morgan fingerprint density at radius 3 is 2.21 bits per heavy atom. The molecular formula is C20H19NO3. The van der Waals surface area contributed by atoms with Gasteiger partial charge in [-0.25, -0.2) is 0 Å². The number of nitrogens with one attached hydrogen (secondary N) is 1. The number of hydrogen-bond donors (Lipinski definition) is 2. The van der Waals surface area contributed by atoms with Gasteiger partial charge in [0, 0.05) is 11.3 Å². The number of ketones is 1. The van der Waals surface area contributed by atoms with E-state index in [0.29, 0.717) is 11.3 Å². The van der Waals surface area contributed by atoms with Crippen molar-refractivity contribution in [3.63, 3.8) is 0 Å². The molecule has 0 heterocycles. The second-order valence-electron chi connectivity index (χ2n) is 5.47. The standard InChI is InChI=1S/C20H19NO3/c1-4-19(23)21-17-8-6-16(7-9-17)18(22)10-5-15-11-13(2)20(24)14(3)12-15/h4-12,24H,1H2,2-3H3,(H,21,23)/b10-5+. The molecule has 0 aromatic heterocycles. The predicted molar refractivity (Wildman–Crippen MR) is 96.2 cm³/mol. The van der Waals surface area contributed by atoms with Crippen molar-refractivity contribution in [1.82, 2.24) is 0 Å². The van der Waals surface area contributed by atoms with Gasteiger partial charge in [-0.1, -0.05) is 12.7 Å². The van der Waals surface area contributed by atoms with Crippen molar-refractivity contribution in [1.29, 1.82) is 0 Å². The third kappa shape index (κ3) is 4.20. The zero-order chi connectivity index (χ0) is 17.7. The highest BCUT2D eigenvalue weighted by Gasteiger charge is 2.05. The molecule has 1 amide bonds. The number of carbonyl (C=O) groups is 2. The number of aryl methyl sites for hydroxylation is 2. The molecular weight excluding hydrogens is 302 g/mol. The van der Waals surface area contributed by atoms with Gasteiger partial charge in [0.2, 0.25) is 5.91 Å². The van der Waals surface area contributed by atoms with Gasteiger partial charge >= 0.3 is 0 Å². The number of phenolic OH excluding ortho intramolecular Hbond substituents is 1. The third-order valence-electron chi connectivity index (χ3n) is 3.56. The Labute approximate surface area is 141 Å². The Bertz CT molecular complexity index is 794. The number of aromatic hydroxyl groups is 1. The molecule has 4 heteroatoms. The number of rotatable bonds is 5. The second-order valence-corrected chi connectivity index (χ2v) is 5.47. The lowest BCUT2D eigenvalue weighted by atomic mass is 10.0. The van der Waals surface area contributed by atoms with Crippen molar-refractivity contribution in [2.24, 2.45) is 0 Å². The number of anilines is 1. The quantitative estimate of drug-likeness (QED) is 0.645. The van der Waals surface area contributed by atoms with Crippen molar-refractivity contribution >= 4 is 23.5 Å². The first kappa shape index (κ1) is 17.2. The average molecular weight is 321 g/mol. The summed E-state index contributed by atoms with van der Waals surface area (Å²) < 4.78 is 0. The van der Waals surface area contributed by atoms with Gasteiger partial charge in [0.1, 0.15) is 5.75 Å². The van der Waals surface area contributed by atoms with E-state index in [9.17, 15) is 14.7 Å². The normalized spacial score (nSPS) is 10.6. The molecule has 0 radical (unpaired) electrons. The Kier molecular flexibility index (Phi) is 5.32. The number of benzene rings is 2. The Hall–Kier alpha value is -3.14. The topological polar surface area (TPSA) is 66.4 Å². The minimum atomic E-state index is -0.299. The van der Waals surface area contributed by atoms with Crippen LogP contribution in [-0.4, -0.2) is 16.8 Å². The Morgan fingerprint density at radius 1 is 1.08 bits per heavy atom. The molecule has 0 fully saturated rings. The van der Waals surface area contributed by atoms with Crippen LogP contribution in [0.1, 0.15) is 27.0 Å². The Morgan fingerprint density at radius 2 is 1.67 bits per heavy atom. The summed E-state index contributed by atoms with van der Waals surface area (Å²) in [5, 5.41) is 12.4. The van der Waals surface area contributed by atoms with Gasteiger partial charge < -0.3 is 10.4 Å². The van der Waals surface area contributed by atoms with Crippen molar-refractivity contribution in [2.75, 3.05) is 5.32 Å². The molecule has 0 saturated heterocycles. The van der Waals surface area contributed by atoms with Gasteiger partial charge in [-0.15, -0.1) is 0 Å². The minimum Gasteiger partial charge on any atom is -0.507 e. The van der Waals surface area contributed by atoms with Gasteiger partial charge in [0.25, 0.3) is 0 Å². The van der Waals surface area contributed by atoms with Crippen LogP contribution in [0.5, 0.6) is 5.75 Å². The first-order valence-electron chi connectivity index (χ1n) is 7.47. The van der Waals surface area contributed by atoms with Crippen LogP contribution in [0, 0.1) is 13.8 Å². The zero-order valence-electron chi connectivity index (χ0n) is 13.7. The monoisotopic (exact) mass is 321 g/mol. The second kappa shape index (κ2) is 7.42. The van der Waals surface area contributed by atoms with Gasteiger partial charge in [-0.3, -0.25) is 9.59 Å². The van der Waals surface area contributed by atoms with Gasteiger partial charge in [-0.2, -0.15) is 0 Å². The van der Waals surface area contributed by atoms with E-state index < -0.39 is 0 Å².